The molecule has 3 unspecified atom stereocenters. The van der Waals surface area contributed by atoms with Crippen molar-refractivity contribution in [1.82, 2.24) is 5.32 Å². The van der Waals surface area contributed by atoms with Crippen LogP contribution in [-0.4, -0.2) is 70.9 Å². The summed E-state index contributed by atoms with van der Waals surface area (Å²) >= 11 is 0. The molecule has 0 aromatic heterocycles. The quantitative estimate of drug-likeness (QED) is 0.410. The number of carbonyl (C=O) groups is 2. The lowest BCUT2D eigenvalue weighted by Crippen LogP contribution is -2.64. The number of hydrogen-bond donors (Lipinski definition) is 4. The lowest BCUT2D eigenvalue weighted by Gasteiger charge is -2.42. The van der Waals surface area contributed by atoms with Crippen molar-refractivity contribution in [3.05, 3.63) is 0 Å². The van der Waals surface area contributed by atoms with Gasteiger partial charge < -0.3 is 34.9 Å². The van der Waals surface area contributed by atoms with Crippen LogP contribution in [0, 0.1) is 0 Å². The third-order valence-corrected chi connectivity index (χ3v) is 3.46. The zero-order chi connectivity index (χ0) is 16.7. The maximum absolute atomic E-state index is 11.2. The van der Waals surface area contributed by atoms with Gasteiger partial charge in [0.1, 0.15) is 30.1 Å². The van der Waals surface area contributed by atoms with Gasteiger partial charge in [0, 0.05) is 20.0 Å². The van der Waals surface area contributed by atoms with Crippen molar-refractivity contribution in [3.63, 3.8) is 0 Å². The Hall–Kier alpha value is -1.06. The molecule has 1 fully saturated rings. The van der Waals surface area contributed by atoms with Crippen molar-refractivity contribution >= 4 is 11.7 Å². The molecule has 0 aliphatic carbocycles. The van der Waals surface area contributed by atoms with Crippen LogP contribution in [0.2, 0.25) is 0 Å². The largest absolute Gasteiger partial charge is 0.394 e. The molecule has 1 amide bonds. The molecular weight excluding hydrogens is 294 g/mol. The molecular formula is C14H25NO7. The van der Waals surface area contributed by atoms with Gasteiger partial charge in [0.15, 0.2) is 6.29 Å². The number of hydrogen-bond acceptors (Lipinski definition) is 7. The number of amides is 1. The van der Waals surface area contributed by atoms with E-state index in [1.54, 1.807) is 0 Å². The summed E-state index contributed by atoms with van der Waals surface area (Å²) in [6, 6.07) is -0.928. The molecule has 1 heterocycles. The molecule has 0 spiro atoms. The Morgan fingerprint density at radius 1 is 1.18 bits per heavy atom. The minimum absolute atomic E-state index is 0.101. The Morgan fingerprint density at radius 3 is 2.41 bits per heavy atom. The highest BCUT2D eigenvalue weighted by molar-refractivity contribution is 5.75. The molecule has 1 aliphatic heterocycles. The van der Waals surface area contributed by atoms with Crippen molar-refractivity contribution in [2.45, 2.75) is 63.8 Å². The summed E-state index contributed by atoms with van der Waals surface area (Å²) in [5, 5.41) is 31.5. The van der Waals surface area contributed by atoms with Crippen molar-refractivity contribution in [2.24, 2.45) is 0 Å². The molecule has 1 aliphatic rings. The zero-order valence-electron chi connectivity index (χ0n) is 12.9. The second-order valence-electron chi connectivity index (χ2n) is 5.46. The van der Waals surface area contributed by atoms with Crippen LogP contribution in [0.3, 0.4) is 0 Å². The minimum atomic E-state index is -1.32. The van der Waals surface area contributed by atoms with Gasteiger partial charge in [0.2, 0.25) is 5.91 Å². The fourth-order valence-electron chi connectivity index (χ4n) is 2.29. The third kappa shape index (κ3) is 5.62. The van der Waals surface area contributed by atoms with Crippen LogP contribution < -0.4 is 5.32 Å². The molecule has 8 nitrogen and oxygen atoms in total. The van der Waals surface area contributed by atoms with E-state index in [1.165, 1.54) is 13.8 Å². The molecule has 0 bridgehead atoms. The van der Waals surface area contributed by atoms with E-state index < -0.39 is 43.2 Å². The van der Waals surface area contributed by atoms with Crippen molar-refractivity contribution < 1.29 is 34.4 Å². The van der Waals surface area contributed by atoms with E-state index in [0.29, 0.717) is 19.3 Å². The second kappa shape index (κ2) is 9.16. The monoisotopic (exact) mass is 319 g/mol. The smallest absolute Gasteiger partial charge is 0.217 e. The van der Waals surface area contributed by atoms with E-state index >= 15 is 0 Å². The van der Waals surface area contributed by atoms with E-state index in [0.717, 1.165) is 0 Å². The summed E-state index contributed by atoms with van der Waals surface area (Å²) in [6.45, 7) is 2.59. The number of ketones is 1. The highest BCUT2D eigenvalue weighted by Crippen LogP contribution is 2.22. The van der Waals surface area contributed by atoms with Crippen molar-refractivity contribution in [1.29, 1.82) is 0 Å². The molecule has 128 valence electrons. The highest BCUT2D eigenvalue weighted by atomic mass is 16.7. The summed E-state index contributed by atoms with van der Waals surface area (Å²) in [6.07, 6.45) is -2.84. The summed E-state index contributed by atoms with van der Waals surface area (Å²) in [4.78, 5) is 22.1. The van der Waals surface area contributed by atoms with Gasteiger partial charge in [0.05, 0.1) is 6.61 Å². The van der Waals surface area contributed by atoms with Gasteiger partial charge in [-0.1, -0.05) is 0 Å². The Kier molecular flexibility index (Phi) is 7.91. The molecule has 22 heavy (non-hydrogen) atoms. The predicted octanol–water partition coefficient (Wildman–Crippen LogP) is -1.29. The lowest BCUT2D eigenvalue weighted by atomic mass is 9.97. The molecule has 1 saturated heterocycles. The fourth-order valence-corrected chi connectivity index (χ4v) is 2.29. The topological polar surface area (TPSA) is 125 Å². The Bertz CT molecular complexity index is 376. The van der Waals surface area contributed by atoms with Crippen LogP contribution in [-0.2, 0) is 19.1 Å². The molecule has 0 radical (unpaired) electrons. The average Bonchev–Trinajstić information content (AvgIpc) is 2.45. The SMILES string of the molecule is CC(=O)CCCCO[C@@H]1OC(CO)[C@H](O)C(O)C1NC(C)=O. The summed E-state index contributed by atoms with van der Waals surface area (Å²) in [5.41, 5.74) is 0. The van der Waals surface area contributed by atoms with Crippen LogP contribution in [0.5, 0.6) is 0 Å². The summed E-state index contributed by atoms with van der Waals surface area (Å²) in [7, 11) is 0. The van der Waals surface area contributed by atoms with E-state index in [2.05, 4.69) is 5.32 Å². The molecule has 8 heteroatoms. The van der Waals surface area contributed by atoms with Gasteiger partial charge in [-0.25, -0.2) is 0 Å². The van der Waals surface area contributed by atoms with Gasteiger partial charge >= 0.3 is 0 Å². The lowest BCUT2D eigenvalue weighted by molar-refractivity contribution is -0.270. The number of nitrogens with one attached hydrogen (secondary N) is 1. The predicted molar refractivity (Wildman–Crippen MR) is 75.8 cm³/mol. The number of aliphatic hydroxyl groups is 3. The molecule has 4 N–H and O–H groups in total. The Balaban J connectivity index is 2.57. The maximum Gasteiger partial charge on any atom is 0.217 e. The van der Waals surface area contributed by atoms with E-state index in [9.17, 15) is 19.8 Å². The van der Waals surface area contributed by atoms with Gasteiger partial charge in [0.25, 0.3) is 0 Å². The van der Waals surface area contributed by atoms with Crippen LogP contribution >= 0.6 is 0 Å². The van der Waals surface area contributed by atoms with Crippen LogP contribution in [0.15, 0.2) is 0 Å². The van der Waals surface area contributed by atoms with Crippen LogP contribution in [0.1, 0.15) is 33.1 Å². The van der Waals surface area contributed by atoms with E-state index in [-0.39, 0.29) is 12.4 Å². The first-order valence-corrected chi connectivity index (χ1v) is 7.37. The zero-order valence-corrected chi connectivity index (χ0v) is 12.9. The van der Waals surface area contributed by atoms with Crippen LogP contribution in [0.4, 0.5) is 0 Å². The van der Waals surface area contributed by atoms with E-state index in [1.807, 2.05) is 0 Å². The first-order valence-electron chi connectivity index (χ1n) is 7.37. The molecule has 0 aromatic rings. The van der Waals surface area contributed by atoms with E-state index in [4.69, 9.17) is 14.6 Å². The Labute approximate surface area is 129 Å². The van der Waals surface area contributed by atoms with Gasteiger partial charge in [-0.05, 0) is 19.8 Å². The molecule has 5 atom stereocenters. The van der Waals surface area contributed by atoms with Gasteiger partial charge in [-0.2, -0.15) is 0 Å². The van der Waals surface area contributed by atoms with Crippen LogP contribution in [0.25, 0.3) is 0 Å². The van der Waals surface area contributed by atoms with Crippen molar-refractivity contribution in [3.8, 4) is 0 Å². The van der Waals surface area contributed by atoms with Crippen molar-refractivity contribution in [2.75, 3.05) is 13.2 Å². The summed E-state index contributed by atoms with van der Waals surface area (Å²) in [5.74, 6) is -0.295. The minimum Gasteiger partial charge on any atom is -0.394 e. The first kappa shape index (κ1) is 19.0. The third-order valence-electron chi connectivity index (χ3n) is 3.46. The number of carbonyl (C=O) groups excluding carboxylic acids is 2. The summed E-state index contributed by atoms with van der Waals surface area (Å²) < 4.78 is 10.9. The first-order chi connectivity index (χ1) is 10.4. The molecule has 0 saturated carbocycles. The van der Waals surface area contributed by atoms with Gasteiger partial charge in [-0.15, -0.1) is 0 Å². The molecule has 1 rings (SSSR count). The second-order valence-corrected chi connectivity index (χ2v) is 5.46. The number of aliphatic hydroxyl groups excluding tert-OH is 3. The normalized spacial score (nSPS) is 31.8. The number of unbranched alkanes of at least 4 members (excludes halogenated alkanes) is 1. The maximum atomic E-state index is 11.2. The fraction of sp³-hybridized carbons (Fsp3) is 0.857. The molecule has 0 aromatic carbocycles. The van der Waals surface area contributed by atoms with Gasteiger partial charge in [-0.3, -0.25) is 4.79 Å². The Morgan fingerprint density at radius 2 is 1.86 bits per heavy atom. The average molecular weight is 319 g/mol. The standard InChI is InChI=1S/C14H25NO7/c1-8(17)5-3-4-6-21-14-11(15-9(2)18)13(20)12(19)10(7-16)22-14/h10-14,16,19-20H,3-7H2,1-2H3,(H,15,18)/t10?,11?,12-,13?,14+/m0/s1. The highest BCUT2D eigenvalue weighted by Gasteiger charge is 2.45. The number of Topliss-reactive ketones (excluding diaryl/α,β-unsaturated/α-hetero) is 1. The number of ether oxygens (including phenoxy) is 2. The number of rotatable bonds is 8.